The standard InChI is InChI=1S/C18H14N4O3S2/c1-2-10-26-16-12(6-5-9-19-16)15-20-22(17(23)25-15)11-21-13-7-3-4-8-14(13)27-18(21)24/h2-9H,1,10-11H2. The Bertz CT molecular complexity index is 1240. The predicted molar refractivity (Wildman–Crippen MR) is 106 cm³/mol. The Kier molecular flexibility index (Phi) is 4.78. The summed E-state index contributed by atoms with van der Waals surface area (Å²) in [6.07, 6.45) is 3.44. The van der Waals surface area contributed by atoms with E-state index in [9.17, 15) is 9.59 Å². The average molecular weight is 398 g/mol. The molecule has 136 valence electrons. The van der Waals surface area contributed by atoms with Gasteiger partial charge in [-0.25, -0.2) is 9.78 Å². The van der Waals surface area contributed by atoms with Gasteiger partial charge in [0.25, 0.3) is 5.89 Å². The van der Waals surface area contributed by atoms with Gasteiger partial charge in [-0.2, -0.15) is 4.68 Å². The van der Waals surface area contributed by atoms with Gasteiger partial charge in [0, 0.05) is 11.9 Å². The zero-order chi connectivity index (χ0) is 18.8. The van der Waals surface area contributed by atoms with Crippen LogP contribution in [-0.2, 0) is 6.67 Å². The molecule has 0 bridgehead atoms. The molecular formula is C18H14N4O3S2. The molecule has 3 heterocycles. The number of thioether (sulfide) groups is 1. The fourth-order valence-corrected chi connectivity index (χ4v) is 4.20. The van der Waals surface area contributed by atoms with Crippen LogP contribution in [0.15, 0.2) is 74.3 Å². The highest BCUT2D eigenvalue weighted by Crippen LogP contribution is 2.27. The molecule has 1 aromatic carbocycles. The summed E-state index contributed by atoms with van der Waals surface area (Å²) in [6, 6.07) is 11.0. The van der Waals surface area contributed by atoms with Gasteiger partial charge in [-0.15, -0.1) is 23.4 Å². The first kappa shape index (κ1) is 17.5. The van der Waals surface area contributed by atoms with Crippen LogP contribution in [0.1, 0.15) is 0 Å². The summed E-state index contributed by atoms with van der Waals surface area (Å²) in [5, 5.41) is 4.97. The van der Waals surface area contributed by atoms with Gasteiger partial charge >= 0.3 is 10.6 Å². The molecule has 0 radical (unpaired) electrons. The van der Waals surface area contributed by atoms with Gasteiger partial charge in [-0.1, -0.05) is 29.5 Å². The van der Waals surface area contributed by atoms with Crippen LogP contribution in [0.5, 0.6) is 0 Å². The zero-order valence-electron chi connectivity index (χ0n) is 14.1. The van der Waals surface area contributed by atoms with Crippen LogP contribution in [0.2, 0.25) is 0 Å². The molecule has 0 aliphatic carbocycles. The summed E-state index contributed by atoms with van der Waals surface area (Å²) >= 11 is 2.60. The minimum atomic E-state index is -0.629. The lowest BCUT2D eigenvalue weighted by Gasteiger charge is -2.03. The van der Waals surface area contributed by atoms with Gasteiger partial charge in [0.05, 0.1) is 15.8 Å². The molecule has 4 aromatic rings. The molecule has 0 atom stereocenters. The van der Waals surface area contributed by atoms with E-state index in [0.717, 1.165) is 26.2 Å². The number of fused-ring (bicyclic) bond motifs is 1. The number of thiazole rings is 1. The number of aromatic nitrogens is 4. The van der Waals surface area contributed by atoms with E-state index >= 15 is 0 Å². The second kappa shape index (κ2) is 7.37. The van der Waals surface area contributed by atoms with Crippen LogP contribution >= 0.6 is 23.1 Å². The first-order valence-corrected chi connectivity index (χ1v) is 9.83. The van der Waals surface area contributed by atoms with E-state index in [0.29, 0.717) is 16.3 Å². The Hall–Kier alpha value is -2.91. The zero-order valence-corrected chi connectivity index (χ0v) is 15.7. The lowest BCUT2D eigenvalue weighted by Crippen LogP contribution is -2.25. The first-order valence-electron chi connectivity index (χ1n) is 8.03. The van der Waals surface area contributed by atoms with Crippen molar-refractivity contribution in [2.45, 2.75) is 11.7 Å². The summed E-state index contributed by atoms with van der Waals surface area (Å²) < 4.78 is 8.83. The van der Waals surface area contributed by atoms with E-state index in [-0.39, 0.29) is 17.4 Å². The minimum Gasteiger partial charge on any atom is -0.387 e. The van der Waals surface area contributed by atoms with Crippen molar-refractivity contribution in [3.8, 4) is 11.5 Å². The third kappa shape index (κ3) is 3.38. The molecule has 3 aromatic heterocycles. The Labute approximate surface area is 161 Å². The first-order chi connectivity index (χ1) is 13.2. The highest BCUT2D eigenvalue weighted by atomic mass is 32.2. The predicted octanol–water partition coefficient (Wildman–Crippen LogP) is 3.06. The number of para-hydroxylation sites is 1. The largest absolute Gasteiger partial charge is 0.439 e. The van der Waals surface area contributed by atoms with E-state index in [4.69, 9.17) is 4.42 Å². The van der Waals surface area contributed by atoms with Crippen molar-refractivity contribution in [3.05, 3.63) is 75.5 Å². The van der Waals surface area contributed by atoms with Crippen molar-refractivity contribution < 1.29 is 4.42 Å². The maximum Gasteiger partial charge on any atom is 0.439 e. The maximum atomic E-state index is 12.3. The van der Waals surface area contributed by atoms with E-state index in [1.165, 1.54) is 16.3 Å². The van der Waals surface area contributed by atoms with E-state index in [1.807, 2.05) is 24.3 Å². The van der Waals surface area contributed by atoms with Crippen LogP contribution < -0.4 is 10.6 Å². The number of pyridine rings is 1. The molecule has 4 rings (SSSR count). The minimum absolute atomic E-state index is 0.0133. The topological polar surface area (TPSA) is 82.9 Å². The SMILES string of the molecule is C=CCSc1ncccc1-c1nn(Cn2c(=O)sc3ccccc32)c(=O)o1. The third-order valence-corrected chi connectivity index (χ3v) is 5.76. The number of hydrogen-bond donors (Lipinski definition) is 0. The number of hydrogen-bond acceptors (Lipinski definition) is 7. The molecule has 0 fully saturated rings. The fourth-order valence-electron chi connectivity index (χ4n) is 2.59. The van der Waals surface area contributed by atoms with Crippen molar-refractivity contribution in [2.75, 3.05) is 5.75 Å². The third-order valence-electron chi connectivity index (χ3n) is 3.79. The van der Waals surface area contributed by atoms with Gasteiger partial charge in [0.1, 0.15) is 11.7 Å². The molecule has 0 unspecified atom stereocenters. The highest BCUT2D eigenvalue weighted by Gasteiger charge is 2.16. The lowest BCUT2D eigenvalue weighted by atomic mass is 10.3. The van der Waals surface area contributed by atoms with Crippen LogP contribution in [0.25, 0.3) is 21.7 Å². The van der Waals surface area contributed by atoms with Crippen LogP contribution in [0.3, 0.4) is 0 Å². The summed E-state index contributed by atoms with van der Waals surface area (Å²) in [7, 11) is 0. The number of benzene rings is 1. The number of rotatable bonds is 6. The molecule has 9 heteroatoms. The monoisotopic (exact) mass is 398 g/mol. The highest BCUT2D eigenvalue weighted by molar-refractivity contribution is 7.99. The molecule has 0 aliphatic heterocycles. The maximum absolute atomic E-state index is 12.3. The van der Waals surface area contributed by atoms with Crippen LogP contribution in [0, 0.1) is 0 Å². The fraction of sp³-hybridized carbons (Fsp3) is 0.111. The summed E-state index contributed by atoms with van der Waals surface area (Å²) in [4.78, 5) is 28.7. The molecule has 0 amide bonds. The van der Waals surface area contributed by atoms with Crippen molar-refractivity contribution in [2.24, 2.45) is 0 Å². The van der Waals surface area contributed by atoms with Crippen molar-refractivity contribution in [1.29, 1.82) is 0 Å². The number of nitrogens with zero attached hydrogens (tertiary/aromatic N) is 4. The van der Waals surface area contributed by atoms with Crippen LogP contribution in [-0.4, -0.2) is 25.1 Å². The smallest absolute Gasteiger partial charge is 0.387 e. The van der Waals surface area contributed by atoms with E-state index in [2.05, 4.69) is 16.7 Å². The Morgan fingerprint density at radius 2 is 2.07 bits per heavy atom. The molecule has 0 saturated carbocycles. The van der Waals surface area contributed by atoms with Gasteiger partial charge < -0.3 is 4.42 Å². The van der Waals surface area contributed by atoms with Gasteiger partial charge in [0.2, 0.25) is 0 Å². The van der Waals surface area contributed by atoms with E-state index in [1.54, 1.807) is 24.4 Å². The average Bonchev–Trinajstić information content (AvgIpc) is 3.20. The molecule has 0 saturated heterocycles. The molecule has 0 N–H and O–H groups in total. The summed E-state index contributed by atoms with van der Waals surface area (Å²) in [5.41, 5.74) is 1.38. The Balaban J connectivity index is 1.73. The molecular weight excluding hydrogens is 384 g/mol. The summed E-state index contributed by atoms with van der Waals surface area (Å²) in [5.74, 6) is 0.216. The second-order valence-corrected chi connectivity index (χ2v) is 7.54. The molecule has 0 aliphatic rings. The molecule has 27 heavy (non-hydrogen) atoms. The normalized spacial score (nSPS) is 11.1. The lowest BCUT2D eigenvalue weighted by molar-refractivity contribution is 0.463. The molecule has 0 spiro atoms. The Morgan fingerprint density at radius 3 is 2.93 bits per heavy atom. The van der Waals surface area contributed by atoms with Gasteiger partial charge in [-0.05, 0) is 24.3 Å². The van der Waals surface area contributed by atoms with Gasteiger partial charge in [-0.3, -0.25) is 9.36 Å². The van der Waals surface area contributed by atoms with Gasteiger partial charge in [0.15, 0.2) is 0 Å². The molecule has 7 nitrogen and oxygen atoms in total. The van der Waals surface area contributed by atoms with Crippen LogP contribution in [0.4, 0.5) is 0 Å². The van der Waals surface area contributed by atoms with E-state index < -0.39 is 5.76 Å². The second-order valence-electron chi connectivity index (χ2n) is 5.53. The van der Waals surface area contributed by atoms with Crippen molar-refractivity contribution in [1.82, 2.24) is 19.3 Å². The van der Waals surface area contributed by atoms with Crippen molar-refractivity contribution >= 4 is 33.3 Å². The quantitative estimate of drug-likeness (QED) is 0.367. The summed E-state index contributed by atoms with van der Waals surface area (Å²) in [6.45, 7) is 3.68. The van der Waals surface area contributed by atoms with Crippen molar-refractivity contribution in [3.63, 3.8) is 0 Å². The Morgan fingerprint density at radius 1 is 1.22 bits per heavy atom.